The van der Waals surface area contributed by atoms with Gasteiger partial charge in [0.15, 0.2) is 5.69 Å². The number of rotatable bonds is 4. The van der Waals surface area contributed by atoms with Crippen LogP contribution in [0.5, 0.6) is 0 Å². The third kappa shape index (κ3) is 3.10. The minimum atomic E-state index is -1.43. The normalized spacial score (nSPS) is 13.4. The van der Waals surface area contributed by atoms with Gasteiger partial charge in [0.25, 0.3) is 0 Å². The summed E-state index contributed by atoms with van der Waals surface area (Å²) < 4.78 is 29.4. The lowest BCUT2D eigenvalue weighted by Gasteiger charge is -2.03. The zero-order valence-corrected chi connectivity index (χ0v) is 12.6. The molecular formula is C11H9BrFN3O3S. The van der Waals surface area contributed by atoms with Crippen LogP contribution >= 0.6 is 15.9 Å². The van der Waals surface area contributed by atoms with E-state index in [9.17, 15) is 8.60 Å². The van der Waals surface area contributed by atoms with Crippen LogP contribution in [0.2, 0.25) is 0 Å². The minimum Gasteiger partial charge on any atom is -0.411 e. The van der Waals surface area contributed by atoms with Crippen molar-refractivity contribution < 1.29 is 18.4 Å². The predicted molar refractivity (Wildman–Crippen MR) is 72.8 cm³/mol. The lowest BCUT2D eigenvalue weighted by molar-refractivity contribution is 0.296. The second-order valence-corrected chi connectivity index (χ2v) is 5.99. The van der Waals surface area contributed by atoms with Crippen LogP contribution in [0.25, 0.3) is 0 Å². The van der Waals surface area contributed by atoms with Crippen molar-refractivity contribution in [1.29, 1.82) is 0 Å². The Morgan fingerprint density at radius 2 is 2.30 bits per heavy atom. The summed E-state index contributed by atoms with van der Waals surface area (Å²) in [6.45, 7) is 0. The summed E-state index contributed by atoms with van der Waals surface area (Å²) >= 11 is 3.07. The van der Waals surface area contributed by atoms with Gasteiger partial charge in [-0.3, -0.25) is 4.21 Å². The van der Waals surface area contributed by atoms with Gasteiger partial charge in [0.2, 0.25) is 5.03 Å². The summed E-state index contributed by atoms with van der Waals surface area (Å²) in [5, 5.41) is 19.4. The molecule has 0 radical (unpaired) electrons. The number of nitrogens with zero attached hydrogens (tertiary/aromatic N) is 3. The van der Waals surface area contributed by atoms with Gasteiger partial charge in [-0.25, -0.2) is 9.02 Å². The van der Waals surface area contributed by atoms with E-state index in [-0.39, 0.29) is 22.9 Å². The zero-order chi connectivity index (χ0) is 14.7. The number of oxime groups is 1. The topological polar surface area (TPSA) is 88.6 Å². The molecule has 1 N–H and O–H groups in total. The first-order valence-electron chi connectivity index (χ1n) is 5.34. The van der Waals surface area contributed by atoms with Gasteiger partial charge in [-0.2, -0.15) is 0 Å². The Balaban J connectivity index is 2.32. The van der Waals surface area contributed by atoms with E-state index in [4.69, 9.17) is 5.21 Å². The van der Waals surface area contributed by atoms with Gasteiger partial charge in [-0.05, 0) is 43.9 Å². The summed E-state index contributed by atoms with van der Waals surface area (Å²) in [5.74, 6) is -0.394. The molecule has 0 saturated carbocycles. The average Bonchev–Trinajstić information content (AvgIpc) is 2.89. The summed E-state index contributed by atoms with van der Waals surface area (Å²) in [4.78, 5) is 0. The second-order valence-electron chi connectivity index (χ2n) is 3.84. The van der Waals surface area contributed by atoms with E-state index in [1.54, 1.807) is 12.1 Å². The summed E-state index contributed by atoms with van der Waals surface area (Å²) in [5.41, 5.74) is 0.936. The van der Waals surface area contributed by atoms with E-state index in [2.05, 4.69) is 36.0 Å². The van der Waals surface area contributed by atoms with Gasteiger partial charge in [0.05, 0.1) is 15.3 Å². The van der Waals surface area contributed by atoms with Crippen molar-refractivity contribution in [3.8, 4) is 0 Å². The van der Waals surface area contributed by atoms with E-state index in [0.29, 0.717) is 10.0 Å². The van der Waals surface area contributed by atoms with Crippen LogP contribution in [0.4, 0.5) is 4.39 Å². The maximum atomic E-state index is 13.2. The van der Waals surface area contributed by atoms with E-state index in [0.717, 1.165) is 0 Å². The molecule has 0 saturated heterocycles. The first-order chi connectivity index (χ1) is 9.52. The van der Waals surface area contributed by atoms with Crippen molar-refractivity contribution in [3.05, 3.63) is 39.7 Å². The van der Waals surface area contributed by atoms with E-state index in [1.807, 2.05) is 0 Å². The zero-order valence-electron chi connectivity index (χ0n) is 10.2. The summed E-state index contributed by atoms with van der Waals surface area (Å²) in [6, 6.07) is 4.38. The van der Waals surface area contributed by atoms with Gasteiger partial charge >= 0.3 is 0 Å². The Morgan fingerprint density at radius 3 is 2.90 bits per heavy atom. The van der Waals surface area contributed by atoms with Gasteiger partial charge in [0, 0.05) is 12.7 Å². The Kier molecular flexibility index (Phi) is 4.61. The fraction of sp³-hybridized carbons (Fsp3) is 0.182. The molecule has 0 aliphatic heterocycles. The van der Waals surface area contributed by atoms with Crippen LogP contribution in [-0.4, -0.2) is 31.7 Å². The predicted octanol–water partition coefficient (Wildman–Crippen LogP) is 2.13. The highest BCUT2D eigenvalue weighted by Gasteiger charge is 2.20. The molecular weight excluding hydrogens is 353 g/mol. The lowest BCUT2D eigenvalue weighted by Crippen LogP contribution is -2.10. The van der Waals surface area contributed by atoms with Gasteiger partial charge in [-0.15, -0.1) is 0 Å². The van der Waals surface area contributed by atoms with Gasteiger partial charge in [-0.1, -0.05) is 11.2 Å². The fourth-order valence-electron chi connectivity index (χ4n) is 1.55. The Labute approximate surface area is 124 Å². The van der Waals surface area contributed by atoms with Crippen LogP contribution < -0.4 is 0 Å². The molecule has 1 aromatic carbocycles. The highest BCUT2D eigenvalue weighted by molar-refractivity contribution is 9.10. The molecule has 0 fully saturated rings. The van der Waals surface area contributed by atoms with Gasteiger partial charge in [0.1, 0.15) is 11.5 Å². The van der Waals surface area contributed by atoms with Crippen molar-refractivity contribution in [3.63, 3.8) is 0 Å². The molecule has 0 aliphatic rings. The molecule has 1 aromatic heterocycles. The van der Waals surface area contributed by atoms with Crippen molar-refractivity contribution >= 4 is 32.4 Å². The minimum absolute atomic E-state index is 0.0963. The fourth-order valence-corrected chi connectivity index (χ4v) is 2.55. The third-order valence-corrected chi connectivity index (χ3v) is 3.90. The second kappa shape index (κ2) is 6.23. The van der Waals surface area contributed by atoms with Crippen molar-refractivity contribution in [2.75, 3.05) is 6.26 Å². The van der Waals surface area contributed by atoms with Crippen LogP contribution in [0.15, 0.2) is 37.5 Å². The first-order valence-corrected chi connectivity index (χ1v) is 7.69. The Morgan fingerprint density at radius 1 is 1.55 bits per heavy atom. The first kappa shape index (κ1) is 14.8. The maximum Gasteiger partial charge on any atom is 0.200 e. The molecule has 1 heterocycles. The monoisotopic (exact) mass is 361 g/mol. The Bertz CT molecular complexity index is 689. The molecule has 106 valence electrons. The number of benzene rings is 1. The molecule has 2 rings (SSSR count). The van der Waals surface area contributed by atoms with Crippen molar-refractivity contribution in [2.45, 2.75) is 11.4 Å². The molecule has 0 aliphatic carbocycles. The largest absolute Gasteiger partial charge is 0.411 e. The standard InChI is InChI=1S/C11H9BrFN3O3S/c1-20(18)11-10(15-19-16-11)9(14-17)5-6-2-3-8(13)7(12)4-6/h2-4,17H,5H2,1H3. The van der Waals surface area contributed by atoms with Crippen LogP contribution in [0.3, 0.4) is 0 Å². The molecule has 0 spiro atoms. The van der Waals surface area contributed by atoms with E-state index in [1.165, 1.54) is 12.3 Å². The van der Waals surface area contributed by atoms with Crippen molar-refractivity contribution in [2.24, 2.45) is 5.16 Å². The molecule has 0 amide bonds. The summed E-state index contributed by atoms with van der Waals surface area (Å²) in [7, 11) is -1.43. The highest BCUT2D eigenvalue weighted by Crippen LogP contribution is 2.19. The quantitative estimate of drug-likeness (QED) is 0.511. The van der Waals surface area contributed by atoms with Crippen LogP contribution in [0.1, 0.15) is 11.3 Å². The number of hydrogen-bond acceptors (Lipinski definition) is 6. The number of aromatic nitrogens is 2. The molecule has 1 unspecified atom stereocenters. The number of halogens is 2. The summed E-state index contributed by atoms with van der Waals surface area (Å²) in [6.07, 6.45) is 1.57. The van der Waals surface area contributed by atoms with Crippen LogP contribution in [0, 0.1) is 5.82 Å². The molecule has 1 atom stereocenters. The molecule has 20 heavy (non-hydrogen) atoms. The van der Waals surface area contributed by atoms with E-state index >= 15 is 0 Å². The number of hydrogen-bond donors (Lipinski definition) is 1. The van der Waals surface area contributed by atoms with E-state index < -0.39 is 16.6 Å². The average molecular weight is 362 g/mol. The third-order valence-electron chi connectivity index (χ3n) is 2.48. The lowest BCUT2D eigenvalue weighted by atomic mass is 10.1. The van der Waals surface area contributed by atoms with Crippen LogP contribution in [-0.2, 0) is 17.2 Å². The molecule has 6 nitrogen and oxygen atoms in total. The Hall–Kier alpha value is -1.61. The molecule has 2 aromatic rings. The van der Waals surface area contributed by atoms with Gasteiger partial charge < -0.3 is 5.21 Å². The molecule has 0 bridgehead atoms. The smallest absolute Gasteiger partial charge is 0.200 e. The SMILES string of the molecule is CS(=O)c1nonc1C(Cc1ccc(F)c(Br)c1)=NO. The van der Waals surface area contributed by atoms with Crippen molar-refractivity contribution in [1.82, 2.24) is 10.3 Å². The molecule has 9 heteroatoms. The maximum absolute atomic E-state index is 13.2. The highest BCUT2D eigenvalue weighted by atomic mass is 79.9.